The predicted octanol–water partition coefficient (Wildman–Crippen LogP) is 3.50. The van der Waals surface area contributed by atoms with E-state index in [-0.39, 0.29) is 11.8 Å². The van der Waals surface area contributed by atoms with Crippen LogP contribution in [0.2, 0.25) is 0 Å². The minimum absolute atomic E-state index is 0.167. The molecule has 1 aliphatic carbocycles. The molecule has 1 aromatic rings. The standard InChI is InChI=1S/C17H23NO3/c1-10(2)12-6-4-5-7-15(12)18-16(19)13-8-11(3)9-14(13)17(20)21/h4-7,10-11,13-14H,8-9H2,1-3H3,(H,18,19)(H,20,21)/t11?,13-,14+/m0/s1. The maximum absolute atomic E-state index is 12.5. The quantitative estimate of drug-likeness (QED) is 0.891. The third-order valence-corrected chi connectivity index (χ3v) is 4.29. The van der Waals surface area contributed by atoms with Gasteiger partial charge >= 0.3 is 5.97 Å². The highest BCUT2D eigenvalue weighted by molar-refractivity contribution is 5.96. The third kappa shape index (κ3) is 3.43. The highest BCUT2D eigenvalue weighted by Crippen LogP contribution is 2.37. The van der Waals surface area contributed by atoms with E-state index in [1.807, 2.05) is 31.2 Å². The van der Waals surface area contributed by atoms with Crippen LogP contribution in [0, 0.1) is 17.8 Å². The van der Waals surface area contributed by atoms with E-state index in [9.17, 15) is 14.7 Å². The molecule has 114 valence electrons. The summed E-state index contributed by atoms with van der Waals surface area (Å²) < 4.78 is 0. The summed E-state index contributed by atoms with van der Waals surface area (Å²) in [6.07, 6.45) is 1.23. The van der Waals surface area contributed by atoms with Crippen molar-refractivity contribution >= 4 is 17.6 Å². The highest BCUT2D eigenvalue weighted by Gasteiger charge is 2.41. The SMILES string of the molecule is CC1C[C@H](C(=O)Nc2ccccc2C(C)C)[C@H](C(=O)O)C1. The Balaban J connectivity index is 2.16. The molecule has 0 spiro atoms. The Morgan fingerprint density at radius 1 is 1.19 bits per heavy atom. The first-order valence-electron chi connectivity index (χ1n) is 7.52. The minimum atomic E-state index is -0.864. The normalized spacial score (nSPS) is 25.0. The lowest BCUT2D eigenvalue weighted by atomic mass is 9.94. The van der Waals surface area contributed by atoms with Gasteiger partial charge in [-0.1, -0.05) is 39.0 Å². The average Bonchev–Trinajstić information content (AvgIpc) is 2.81. The van der Waals surface area contributed by atoms with E-state index >= 15 is 0 Å². The van der Waals surface area contributed by atoms with Gasteiger partial charge in [-0.05, 0) is 36.3 Å². The van der Waals surface area contributed by atoms with Crippen molar-refractivity contribution < 1.29 is 14.7 Å². The Morgan fingerprint density at radius 3 is 2.43 bits per heavy atom. The number of hydrogen-bond donors (Lipinski definition) is 2. The topological polar surface area (TPSA) is 66.4 Å². The second-order valence-corrected chi connectivity index (χ2v) is 6.36. The fraction of sp³-hybridized carbons (Fsp3) is 0.529. The fourth-order valence-corrected chi connectivity index (χ4v) is 3.19. The van der Waals surface area contributed by atoms with Crippen molar-refractivity contribution in [2.45, 2.75) is 39.5 Å². The monoisotopic (exact) mass is 289 g/mol. The molecule has 3 atom stereocenters. The molecule has 0 radical (unpaired) electrons. The van der Waals surface area contributed by atoms with Crippen LogP contribution in [0.15, 0.2) is 24.3 Å². The Bertz CT molecular complexity index is 539. The number of benzene rings is 1. The number of nitrogens with one attached hydrogen (secondary N) is 1. The number of amides is 1. The maximum atomic E-state index is 12.5. The lowest BCUT2D eigenvalue weighted by molar-refractivity contribution is -0.145. The van der Waals surface area contributed by atoms with E-state index in [0.29, 0.717) is 18.8 Å². The van der Waals surface area contributed by atoms with E-state index in [1.165, 1.54) is 0 Å². The summed E-state index contributed by atoms with van der Waals surface area (Å²) >= 11 is 0. The van der Waals surface area contributed by atoms with Crippen LogP contribution in [0.3, 0.4) is 0 Å². The van der Waals surface area contributed by atoms with Gasteiger partial charge in [-0.3, -0.25) is 9.59 Å². The average molecular weight is 289 g/mol. The number of anilines is 1. The molecule has 2 rings (SSSR count). The lowest BCUT2D eigenvalue weighted by Gasteiger charge is -2.18. The van der Waals surface area contributed by atoms with Crippen molar-refractivity contribution in [1.29, 1.82) is 0 Å². The summed E-state index contributed by atoms with van der Waals surface area (Å²) in [4.78, 5) is 23.8. The molecule has 1 unspecified atom stereocenters. The van der Waals surface area contributed by atoms with Gasteiger partial charge in [0, 0.05) is 5.69 Å². The van der Waals surface area contributed by atoms with Gasteiger partial charge in [0.15, 0.2) is 0 Å². The molecule has 0 bridgehead atoms. The van der Waals surface area contributed by atoms with Crippen molar-refractivity contribution in [2.75, 3.05) is 5.32 Å². The molecule has 0 saturated heterocycles. The first-order chi connectivity index (χ1) is 9.90. The molecule has 1 amide bonds. The van der Waals surface area contributed by atoms with Crippen LogP contribution in [-0.2, 0) is 9.59 Å². The van der Waals surface area contributed by atoms with Crippen LogP contribution in [0.5, 0.6) is 0 Å². The second kappa shape index (κ2) is 6.29. The van der Waals surface area contributed by atoms with Gasteiger partial charge in [0.2, 0.25) is 5.91 Å². The number of para-hydroxylation sites is 1. The summed E-state index contributed by atoms with van der Waals surface area (Å²) in [6, 6.07) is 7.70. The smallest absolute Gasteiger partial charge is 0.307 e. The molecule has 1 saturated carbocycles. The molecule has 1 aromatic carbocycles. The van der Waals surface area contributed by atoms with Crippen LogP contribution < -0.4 is 5.32 Å². The molecule has 2 N–H and O–H groups in total. The van der Waals surface area contributed by atoms with Gasteiger partial charge in [-0.25, -0.2) is 0 Å². The molecule has 0 heterocycles. The van der Waals surface area contributed by atoms with Crippen molar-refractivity contribution in [3.8, 4) is 0 Å². The molecule has 4 nitrogen and oxygen atoms in total. The molecular weight excluding hydrogens is 266 g/mol. The van der Waals surface area contributed by atoms with Crippen LogP contribution in [-0.4, -0.2) is 17.0 Å². The molecule has 1 fully saturated rings. The van der Waals surface area contributed by atoms with Crippen molar-refractivity contribution in [3.63, 3.8) is 0 Å². The zero-order chi connectivity index (χ0) is 15.6. The van der Waals surface area contributed by atoms with Gasteiger partial charge in [0.1, 0.15) is 0 Å². The fourth-order valence-electron chi connectivity index (χ4n) is 3.19. The van der Waals surface area contributed by atoms with Crippen LogP contribution >= 0.6 is 0 Å². The van der Waals surface area contributed by atoms with Gasteiger partial charge in [0.05, 0.1) is 11.8 Å². The van der Waals surface area contributed by atoms with Crippen LogP contribution in [0.1, 0.15) is 45.1 Å². The second-order valence-electron chi connectivity index (χ2n) is 6.36. The van der Waals surface area contributed by atoms with E-state index in [1.54, 1.807) is 0 Å². The van der Waals surface area contributed by atoms with Gasteiger partial charge in [-0.2, -0.15) is 0 Å². The number of rotatable bonds is 4. The van der Waals surface area contributed by atoms with Crippen LogP contribution in [0.25, 0.3) is 0 Å². The number of hydrogen-bond acceptors (Lipinski definition) is 2. The number of aliphatic carboxylic acids is 1. The lowest BCUT2D eigenvalue weighted by Crippen LogP contribution is -2.30. The largest absolute Gasteiger partial charge is 0.481 e. The summed E-state index contributed by atoms with van der Waals surface area (Å²) in [5.74, 6) is -1.44. The predicted molar refractivity (Wildman–Crippen MR) is 82.2 cm³/mol. The van der Waals surface area contributed by atoms with Gasteiger partial charge < -0.3 is 10.4 Å². The Morgan fingerprint density at radius 2 is 1.81 bits per heavy atom. The maximum Gasteiger partial charge on any atom is 0.307 e. The molecule has 4 heteroatoms. The third-order valence-electron chi connectivity index (χ3n) is 4.29. The zero-order valence-electron chi connectivity index (χ0n) is 12.8. The Kier molecular flexibility index (Phi) is 4.66. The number of carbonyl (C=O) groups excluding carboxylic acids is 1. The van der Waals surface area contributed by atoms with Crippen molar-refractivity contribution in [1.82, 2.24) is 0 Å². The Labute approximate surface area is 125 Å². The number of carboxylic acids is 1. The van der Waals surface area contributed by atoms with Gasteiger partial charge in [-0.15, -0.1) is 0 Å². The number of carbonyl (C=O) groups is 2. The molecule has 0 aliphatic heterocycles. The summed E-state index contributed by atoms with van der Waals surface area (Å²) in [5.41, 5.74) is 1.87. The van der Waals surface area contributed by atoms with E-state index < -0.39 is 17.8 Å². The summed E-state index contributed by atoms with van der Waals surface area (Å²) in [5, 5.41) is 12.2. The first-order valence-corrected chi connectivity index (χ1v) is 7.52. The van der Waals surface area contributed by atoms with Crippen molar-refractivity contribution in [2.24, 2.45) is 17.8 Å². The molecule has 0 aromatic heterocycles. The van der Waals surface area contributed by atoms with Crippen LogP contribution in [0.4, 0.5) is 5.69 Å². The summed E-state index contributed by atoms with van der Waals surface area (Å²) in [6.45, 7) is 6.15. The van der Waals surface area contributed by atoms with E-state index in [4.69, 9.17) is 0 Å². The Hall–Kier alpha value is -1.84. The zero-order valence-corrected chi connectivity index (χ0v) is 12.8. The first kappa shape index (κ1) is 15.5. The molecule has 21 heavy (non-hydrogen) atoms. The van der Waals surface area contributed by atoms with E-state index in [0.717, 1.165) is 11.3 Å². The molecule has 1 aliphatic rings. The summed E-state index contributed by atoms with van der Waals surface area (Å²) in [7, 11) is 0. The van der Waals surface area contributed by atoms with Gasteiger partial charge in [0.25, 0.3) is 0 Å². The molecular formula is C17H23NO3. The van der Waals surface area contributed by atoms with Crippen molar-refractivity contribution in [3.05, 3.63) is 29.8 Å². The highest BCUT2D eigenvalue weighted by atomic mass is 16.4. The number of carboxylic acid groups (broad SMARTS) is 1. The van der Waals surface area contributed by atoms with E-state index in [2.05, 4.69) is 19.2 Å². The minimum Gasteiger partial charge on any atom is -0.481 e.